The molecule has 1 aliphatic rings. The van der Waals surface area contributed by atoms with Crippen molar-refractivity contribution >= 4 is 11.4 Å². The van der Waals surface area contributed by atoms with Crippen LogP contribution in [0.4, 0.5) is 24.5 Å². The van der Waals surface area contributed by atoms with Gasteiger partial charge < -0.3 is 5.32 Å². The molecule has 110 valence electrons. The molecule has 0 unspecified atom stereocenters. The number of alkyl halides is 3. The summed E-state index contributed by atoms with van der Waals surface area (Å²) in [4.78, 5) is 10.2. The second kappa shape index (κ2) is 4.96. The van der Waals surface area contributed by atoms with Crippen LogP contribution in [0, 0.1) is 10.1 Å². The molecule has 1 saturated carbocycles. The standard InChI is InChI=1S/C13H15F3N2O2/c1-2-12(6-3-7-12)17-10-5-4-9(13(14,15)16)8-11(10)18(19)20/h4-5,8,17H,2-3,6-7H2,1H3. The molecule has 2 rings (SSSR count). The highest BCUT2D eigenvalue weighted by atomic mass is 19.4. The Morgan fingerprint density at radius 1 is 1.40 bits per heavy atom. The first-order valence-electron chi connectivity index (χ1n) is 6.41. The van der Waals surface area contributed by atoms with Gasteiger partial charge in [-0.2, -0.15) is 13.2 Å². The lowest BCUT2D eigenvalue weighted by Gasteiger charge is -2.42. The minimum atomic E-state index is -4.58. The van der Waals surface area contributed by atoms with Gasteiger partial charge in [0.25, 0.3) is 5.69 Å². The zero-order chi connectivity index (χ0) is 15.0. The third kappa shape index (κ3) is 2.71. The van der Waals surface area contributed by atoms with Gasteiger partial charge in [-0.15, -0.1) is 0 Å². The SMILES string of the molecule is CCC1(Nc2ccc(C(F)(F)F)cc2[N+](=O)[O-])CCC1. The monoisotopic (exact) mass is 288 g/mol. The number of rotatable bonds is 4. The van der Waals surface area contributed by atoms with Gasteiger partial charge >= 0.3 is 6.18 Å². The van der Waals surface area contributed by atoms with E-state index in [1.54, 1.807) is 0 Å². The van der Waals surface area contributed by atoms with Gasteiger partial charge in [0.1, 0.15) is 5.69 Å². The predicted octanol–water partition coefficient (Wildman–Crippen LogP) is 4.36. The lowest BCUT2D eigenvalue weighted by Crippen LogP contribution is -2.44. The van der Waals surface area contributed by atoms with Crippen molar-refractivity contribution in [3.8, 4) is 0 Å². The second-order valence-corrected chi connectivity index (χ2v) is 5.10. The van der Waals surface area contributed by atoms with E-state index in [1.165, 1.54) is 0 Å². The predicted molar refractivity (Wildman–Crippen MR) is 68.6 cm³/mol. The highest BCUT2D eigenvalue weighted by molar-refractivity contribution is 5.64. The van der Waals surface area contributed by atoms with Crippen molar-refractivity contribution in [1.82, 2.24) is 0 Å². The first-order chi connectivity index (χ1) is 9.27. The van der Waals surface area contributed by atoms with E-state index in [0.29, 0.717) is 6.07 Å². The fraction of sp³-hybridized carbons (Fsp3) is 0.538. The third-order valence-corrected chi connectivity index (χ3v) is 3.91. The molecule has 1 aromatic carbocycles. The number of benzene rings is 1. The fourth-order valence-electron chi connectivity index (χ4n) is 2.42. The maximum Gasteiger partial charge on any atom is 0.416 e. The maximum absolute atomic E-state index is 12.6. The molecular formula is C13H15F3N2O2. The van der Waals surface area contributed by atoms with Gasteiger partial charge in [0.15, 0.2) is 0 Å². The average Bonchev–Trinajstić information content (AvgIpc) is 2.32. The Morgan fingerprint density at radius 2 is 2.05 bits per heavy atom. The minimum Gasteiger partial charge on any atom is -0.374 e. The van der Waals surface area contributed by atoms with E-state index >= 15 is 0 Å². The molecule has 4 nitrogen and oxygen atoms in total. The number of anilines is 1. The number of nitro groups is 1. The van der Waals surface area contributed by atoms with Gasteiger partial charge in [-0.3, -0.25) is 10.1 Å². The van der Waals surface area contributed by atoms with Crippen molar-refractivity contribution in [1.29, 1.82) is 0 Å². The van der Waals surface area contributed by atoms with Crippen LogP contribution in [0.25, 0.3) is 0 Å². The first kappa shape index (κ1) is 14.6. The number of nitrogens with one attached hydrogen (secondary N) is 1. The second-order valence-electron chi connectivity index (χ2n) is 5.10. The van der Waals surface area contributed by atoms with Crippen molar-refractivity contribution < 1.29 is 18.1 Å². The summed E-state index contributed by atoms with van der Waals surface area (Å²) >= 11 is 0. The van der Waals surface area contributed by atoms with E-state index < -0.39 is 22.4 Å². The summed E-state index contributed by atoms with van der Waals surface area (Å²) in [5, 5.41) is 14.0. The highest BCUT2D eigenvalue weighted by Gasteiger charge is 2.38. The summed E-state index contributed by atoms with van der Waals surface area (Å²) in [5.74, 6) is 0. The zero-order valence-corrected chi connectivity index (χ0v) is 11.0. The van der Waals surface area contributed by atoms with Crippen molar-refractivity contribution in [2.24, 2.45) is 0 Å². The lowest BCUT2D eigenvalue weighted by molar-refractivity contribution is -0.384. The Balaban J connectivity index is 2.36. The van der Waals surface area contributed by atoms with E-state index in [9.17, 15) is 23.3 Å². The van der Waals surface area contributed by atoms with Gasteiger partial charge in [-0.05, 0) is 37.8 Å². The van der Waals surface area contributed by atoms with E-state index in [0.717, 1.165) is 37.8 Å². The Hall–Kier alpha value is -1.79. The molecule has 20 heavy (non-hydrogen) atoms. The van der Waals surface area contributed by atoms with Crippen molar-refractivity contribution in [3.63, 3.8) is 0 Å². The largest absolute Gasteiger partial charge is 0.416 e. The average molecular weight is 288 g/mol. The van der Waals surface area contributed by atoms with E-state index in [1.807, 2.05) is 6.92 Å². The Labute approximate surface area is 114 Å². The topological polar surface area (TPSA) is 55.2 Å². The third-order valence-electron chi connectivity index (χ3n) is 3.91. The van der Waals surface area contributed by atoms with Gasteiger partial charge in [-0.25, -0.2) is 0 Å². The fourth-order valence-corrected chi connectivity index (χ4v) is 2.42. The van der Waals surface area contributed by atoms with E-state index in [4.69, 9.17) is 0 Å². The molecule has 1 aromatic rings. The molecule has 0 heterocycles. The number of hydrogen-bond donors (Lipinski definition) is 1. The molecule has 1 fully saturated rings. The molecule has 1 aliphatic carbocycles. The molecule has 7 heteroatoms. The smallest absolute Gasteiger partial charge is 0.374 e. The number of nitro benzene ring substituents is 1. The minimum absolute atomic E-state index is 0.157. The van der Waals surface area contributed by atoms with Crippen molar-refractivity contribution in [2.75, 3.05) is 5.32 Å². The molecule has 0 bridgehead atoms. The number of nitrogens with zero attached hydrogens (tertiary/aromatic N) is 1. The normalized spacial score (nSPS) is 17.4. The molecule has 0 amide bonds. The summed E-state index contributed by atoms with van der Waals surface area (Å²) in [6.45, 7) is 1.96. The van der Waals surface area contributed by atoms with Crippen molar-refractivity contribution in [3.05, 3.63) is 33.9 Å². The van der Waals surface area contributed by atoms with Gasteiger partial charge in [0, 0.05) is 11.6 Å². The van der Waals surface area contributed by atoms with Gasteiger partial charge in [0.2, 0.25) is 0 Å². The lowest BCUT2D eigenvalue weighted by atomic mass is 9.74. The van der Waals surface area contributed by atoms with Crippen LogP contribution < -0.4 is 5.32 Å². The van der Waals surface area contributed by atoms with Crippen molar-refractivity contribution in [2.45, 2.75) is 44.3 Å². The first-order valence-corrected chi connectivity index (χ1v) is 6.41. The van der Waals surface area contributed by atoms with Crippen LogP contribution in [0.3, 0.4) is 0 Å². The van der Waals surface area contributed by atoms with Crippen LogP contribution in [0.2, 0.25) is 0 Å². The molecule has 0 spiro atoms. The Morgan fingerprint density at radius 3 is 2.45 bits per heavy atom. The number of halogens is 3. The molecule has 0 aliphatic heterocycles. The summed E-state index contributed by atoms with van der Waals surface area (Å²) in [7, 11) is 0. The Kier molecular flexibility index (Phi) is 3.62. The van der Waals surface area contributed by atoms with Crippen LogP contribution in [-0.4, -0.2) is 10.5 Å². The molecular weight excluding hydrogens is 273 g/mol. The Bertz CT molecular complexity index is 519. The maximum atomic E-state index is 12.6. The van der Waals surface area contributed by atoms with Crippen LogP contribution in [-0.2, 0) is 6.18 Å². The number of hydrogen-bond acceptors (Lipinski definition) is 3. The molecule has 0 saturated heterocycles. The summed E-state index contributed by atoms with van der Waals surface area (Å²) in [6.07, 6.45) is -1.02. The molecule has 1 N–H and O–H groups in total. The molecule has 0 radical (unpaired) electrons. The van der Waals surface area contributed by atoms with Crippen LogP contribution in [0.5, 0.6) is 0 Å². The molecule has 0 aromatic heterocycles. The summed E-state index contributed by atoms with van der Waals surface area (Å²) in [5.41, 5.74) is -1.59. The highest BCUT2D eigenvalue weighted by Crippen LogP contribution is 2.41. The zero-order valence-electron chi connectivity index (χ0n) is 11.0. The summed E-state index contributed by atoms with van der Waals surface area (Å²) < 4.78 is 37.8. The van der Waals surface area contributed by atoms with E-state index in [-0.39, 0.29) is 11.2 Å². The van der Waals surface area contributed by atoms with Gasteiger partial charge in [0.05, 0.1) is 10.5 Å². The van der Waals surface area contributed by atoms with Crippen LogP contribution in [0.1, 0.15) is 38.2 Å². The van der Waals surface area contributed by atoms with Gasteiger partial charge in [-0.1, -0.05) is 6.92 Å². The van der Waals surface area contributed by atoms with E-state index in [2.05, 4.69) is 5.32 Å². The van der Waals surface area contributed by atoms with Crippen LogP contribution >= 0.6 is 0 Å². The quantitative estimate of drug-likeness (QED) is 0.661. The summed E-state index contributed by atoms with van der Waals surface area (Å²) in [6, 6.07) is 2.61. The van der Waals surface area contributed by atoms with Crippen LogP contribution in [0.15, 0.2) is 18.2 Å². The molecule has 0 atom stereocenters.